The largest absolute Gasteiger partial charge is 0.366 e. The van der Waals surface area contributed by atoms with Gasteiger partial charge in [-0.05, 0) is 37.6 Å². The fourth-order valence-corrected chi connectivity index (χ4v) is 3.30. The lowest BCUT2D eigenvalue weighted by atomic mass is 10.0. The quantitative estimate of drug-likeness (QED) is 0.740. The fourth-order valence-electron chi connectivity index (χ4n) is 2.49. The number of rotatable bonds is 4. The third kappa shape index (κ3) is 3.54. The highest BCUT2D eigenvalue weighted by Crippen LogP contribution is 2.22. The average molecular weight is 282 g/mol. The first-order valence-electron chi connectivity index (χ1n) is 6.59. The number of nitrogens with two attached hydrogens (primary N) is 1. The summed E-state index contributed by atoms with van der Waals surface area (Å²) >= 11 is 1.33. The van der Waals surface area contributed by atoms with Crippen molar-refractivity contribution in [1.82, 2.24) is 0 Å². The minimum absolute atomic E-state index is 0.0475. The van der Waals surface area contributed by atoms with Gasteiger partial charge in [-0.2, -0.15) is 0 Å². The molecule has 2 rings (SSSR count). The molecule has 2 atom stereocenters. The van der Waals surface area contributed by atoms with E-state index < -0.39 is 5.91 Å². The first-order valence-corrected chi connectivity index (χ1v) is 7.47. The van der Waals surface area contributed by atoms with E-state index in [4.69, 9.17) is 5.73 Å². The molecule has 0 saturated carbocycles. The molecule has 2 amide bonds. The number of nitrogens with one attached hydrogen (secondary N) is 2. The number of thiophene rings is 1. The van der Waals surface area contributed by atoms with Gasteiger partial charge in [-0.15, -0.1) is 11.3 Å². The van der Waals surface area contributed by atoms with Crippen LogP contribution in [-0.2, 0) is 4.79 Å². The smallest absolute Gasteiger partial charge is 0.280 e. The van der Waals surface area contributed by atoms with Crippen LogP contribution >= 0.6 is 11.3 Å². The van der Waals surface area contributed by atoms with E-state index in [0.717, 1.165) is 6.54 Å². The Kier molecular flexibility index (Phi) is 4.55. The molecule has 0 aromatic carbocycles. The Morgan fingerprint density at radius 3 is 3.00 bits per heavy atom. The summed E-state index contributed by atoms with van der Waals surface area (Å²) in [6, 6.07) is 2.16. The minimum Gasteiger partial charge on any atom is -0.366 e. The molecule has 19 heavy (non-hydrogen) atoms. The van der Waals surface area contributed by atoms with Crippen LogP contribution in [0.5, 0.6) is 0 Å². The van der Waals surface area contributed by atoms with Gasteiger partial charge >= 0.3 is 0 Å². The third-order valence-corrected chi connectivity index (χ3v) is 4.48. The molecule has 1 fully saturated rings. The number of hydrogen-bond acceptors (Lipinski definition) is 3. The van der Waals surface area contributed by atoms with E-state index in [-0.39, 0.29) is 5.91 Å². The van der Waals surface area contributed by atoms with E-state index in [0.29, 0.717) is 23.2 Å². The van der Waals surface area contributed by atoms with Crippen LogP contribution in [0, 0.1) is 0 Å². The summed E-state index contributed by atoms with van der Waals surface area (Å²) in [6.45, 7) is 3.68. The SMILES string of the molecule is C[C@H]1CCCC[NH+]1CC(=O)Nc1sccc1C(N)=O. The van der Waals surface area contributed by atoms with Crippen LogP contribution in [0.15, 0.2) is 11.4 Å². The lowest BCUT2D eigenvalue weighted by Crippen LogP contribution is -3.17. The van der Waals surface area contributed by atoms with Crippen LogP contribution in [-0.4, -0.2) is 30.9 Å². The number of carbonyl (C=O) groups is 2. The van der Waals surface area contributed by atoms with Crippen LogP contribution in [0.25, 0.3) is 0 Å². The fraction of sp³-hybridized carbons (Fsp3) is 0.538. The van der Waals surface area contributed by atoms with Gasteiger partial charge in [-0.1, -0.05) is 0 Å². The van der Waals surface area contributed by atoms with Crippen molar-refractivity contribution in [2.45, 2.75) is 32.2 Å². The van der Waals surface area contributed by atoms with E-state index >= 15 is 0 Å². The topological polar surface area (TPSA) is 76.6 Å². The second-order valence-corrected chi connectivity index (χ2v) is 5.97. The third-order valence-electron chi connectivity index (χ3n) is 3.65. The Labute approximate surface area is 116 Å². The number of anilines is 1. The number of hydrogen-bond donors (Lipinski definition) is 3. The molecule has 1 aliphatic heterocycles. The number of primary amides is 1. The predicted octanol–water partition coefficient (Wildman–Crippen LogP) is 0.243. The molecule has 0 bridgehead atoms. The molecule has 4 N–H and O–H groups in total. The van der Waals surface area contributed by atoms with Crippen molar-refractivity contribution in [3.8, 4) is 0 Å². The first kappa shape index (κ1) is 14.0. The number of piperidine rings is 1. The predicted molar refractivity (Wildman–Crippen MR) is 75.5 cm³/mol. The molecule has 1 unspecified atom stereocenters. The molecule has 104 valence electrons. The molecule has 1 aromatic heterocycles. The molecule has 0 spiro atoms. The molecule has 2 heterocycles. The van der Waals surface area contributed by atoms with Crippen LogP contribution < -0.4 is 16.0 Å². The lowest BCUT2D eigenvalue weighted by Gasteiger charge is -2.29. The van der Waals surface area contributed by atoms with Gasteiger partial charge in [0, 0.05) is 0 Å². The van der Waals surface area contributed by atoms with Gasteiger partial charge in [0.2, 0.25) is 0 Å². The summed E-state index contributed by atoms with van der Waals surface area (Å²) in [4.78, 5) is 24.5. The molecule has 1 aromatic rings. The Morgan fingerprint density at radius 1 is 1.53 bits per heavy atom. The number of amides is 2. The van der Waals surface area contributed by atoms with Crippen LogP contribution in [0.2, 0.25) is 0 Å². The maximum Gasteiger partial charge on any atom is 0.280 e. The molecule has 0 aliphatic carbocycles. The van der Waals surface area contributed by atoms with Crippen LogP contribution in [0.1, 0.15) is 36.5 Å². The zero-order valence-corrected chi connectivity index (χ0v) is 11.9. The second kappa shape index (κ2) is 6.16. The zero-order chi connectivity index (χ0) is 13.8. The van der Waals surface area contributed by atoms with Crippen molar-refractivity contribution in [2.24, 2.45) is 5.73 Å². The minimum atomic E-state index is -0.504. The van der Waals surface area contributed by atoms with E-state index in [1.807, 2.05) is 0 Å². The standard InChI is InChI=1S/C13H19N3O2S/c1-9-4-2-3-6-16(9)8-11(17)15-13-10(12(14)18)5-7-19-13/h5,7,9H,2-4,6,8H2,1H3,(H2,14,18)(H,15,17)/p+1/t9-/m0/s1. The van der Waals surface area contributed by atoms with Gasteiger partial charge in [0.1, 0.15) is 5.00 Å². The summed E-state index contributed by atoms with van der Waals surface area (Å²) < 4.78 is 0. The van der Waals surface area contributed by atoms with Gasteiger partial charge in [0.25, 0.3) is 11.8 Å². The highest BCUT2D eigenvalue weighted by molar-refractivity contribution is 7.14. The Hall–Kier alpha value is -1.40. The van der Waals surface area contributed by atoms with E-state index in [2.05, 4.69) is 12.2 Å². The zero-order valence-electron chi connectivity index (χ0n) is 11.1. The number of quaternary nitrogens is 1. The highest BCUT2D eigenvalue weighted by atomic mass is 32.1. The van der Waals surface area contributed by atoms with E-state index in [9.17, 15) is 9.59 Å². The maximum atomic E-state index is 12.0. The molecule has 6 heteroatoms. The first-order chi connectivity index (χ1) is 9.08. The van der Waals surface area contributed by atoms with Crippen molar-refractivity contribution < 1.29 is 14.5 Å². The molecule has 5 nitrogen and oxygen atoms in total. The van der Waals surface area contributed by atoms with Gasteiger partial charge in [-0.3, -0.25) is 9.59 Å². The number of carbonyl (C=O) groups excluding carboxylic acids is 2. The molecular weight excluding hydrogens is 262 g/mol. The van der Waals surface area contributed by atoms with Crippen LogP contribution in [0.3, 0.4) is 0 Å². The Balaban J connectivity index is 1.93. The average Bonchev–Trinajstić information content (AvgIpc) is 2.80. The van der Waals surface area contributed by atoms with Crippen molar-refractivity contribution in [1.29, 1.82) is 0 Å². The maximum absolute atomic E-state index is 12.0. The van der Waals surface area contributed by atoms with E-state index in [1.54, 1.807) is 11.4 Å². The van der Waals surface area contributed by atoms with Crippen molar-refractivity contribution in [3.05, 3.63) is 17.0 Å². The molecule has 1 saturated heterocycles. The lowest BCUT2D eigenvalue weighted by molar-refractivity contribution is -0.920. The van der Waals surface area contributed by atoms with Crippen molar-refractivity contribution >= 4 is 28.2 Å². The molecule has 1 aliphatic rings. The van der Waals surface area contributed by atoms with Gasteiger partial charge in [-0.25, -0.2) is 0 Å². The van der Waals surface area contributed by atoms with Gasteiger partial charge in [0.15, 0.2) is 6.54 Å². The molecular formula is C13H20N3O2S+. The summed E-state index contributed by atoms with van der Waals surface area (Å²) in [5.41, 5.74) is 5.64. The van der Waals surface area contributed by atoms with Crippen molar-refractivity contribution in [3.63, 3.8) is 0 Å². The van der Waals surface area contributed by atoms with Crippen molar-refractivity contribution in [2.75, 3.05) is 18.4 Å². The summed E-state index contributed by atoms with van der Waals surface area (Å²) in [6.07, 6.45) is 3.61. The summed E-state index contributed by atoms with van der Waals surface area (Å²) in [5, 5.41) is 5.11. The number of likely N-dealkylation sites (tertiary alicyclic amines) is 1. The summed E-state index contributed by atoms with van der Waals surface area (Å²) in [5.74, 6) is -0.552. The second-order valence-electron chi connectivity index (χ2n) is 5.06. The highest BCUT2D eigenvalue weighted by Gasteiger charge is 2.24. The molecule has 0 radical (unpaired) electrons. The van der Waals surface area contributed by atoms with Gasteiger partial charge < -0.3 is 16.0 Å². The van der Waals surface area contributed by atoms with E-state index in [1.165, 1.54) is 35.5 Å². The van der Waals surface area contributed by atoms with Gasteiger partial charge in [0.05, 0.1) is 18.2 Å². The monoisotopic (exact) mass is 282 g/mol. The van der Waals surface area contributed by atoms with Crippen LogP contribution in [0.4, 0.5) is 5.00 Å². The Bertz CT molecular complexity index is 472. The normalized spacial score (nSPS) is 23.0. The summed E-state index contributed by atoms with van der Waals surface area (Å²) in [7, 11) is 0. The Morgan fingerprint density at radius 2 is 2.32 bits per heavy atom.